The van der Waals surface area contributed by atoms with Gasteiger partial charge in [-0.1, -0.05) is 6.07 Å². The number of carboxylic acid groups (broad SMARTS) is 1. The fraction of sp³-hybridized carbons (Fsp3) is 0.474. The second-order valence-electron chi connectivity index (χ2n) is 7.21. The van der Waals surface area contributed by atoms with E-state index in [1.54, 1.807) is 12.1 Å². The Kier molecular flexibility index (Phi) is 4.00. The van der Waals surface area contributed by atoms with Gasteiger partial charge in [0, 0.05) is 29.7 Å². The number of carbonyl (C=O) groups is 2. The van der Waals surface area contributed by atoms with Gasteiger partial charge in [-0.05, 0) is 55.7 Å². The lowest BCUT2D eigenvalue weighted by Crippen LogP contribution is -2.48. The van der Waals surface area contributed by atoms with Crippen LogP contribution in [0.4, 0.5) is 0 Å². The van der Waals surface area contributed by atoms with E-state index in [0.29, 0.717) is 0 Å². The second-order valence-corrected chi connectivity index (χ2v) is 7.21. The molecule has 4 rings (SSSR count). The van der Waals surface area contributed by atoms with Gasteiger partial charge in [0.25, 0.3) is 0 Å². The lowest BCUT2D eigenvalue weighted by molar-refractivity contribution is -0.132. The van der Waals surface area contributed by atoms with Crippen molar-refractivity contribution in [1.29, 1.82) is 0 Å². The van der Waals surface area contributed by atoms with Gasteiger partial charge in [-0.3, -0.25) is 4.79 Å². The van der Waals surface area contributed by atoms with Crippen LogP contribution in [0.25, 0.3) is 10.9 Å². The Morgan fingerprint density at radius 3 is 2.76 bits per heavy atom. The summed E-state index contributed by atoms with van der Waals surface area (Å²) >= 11 is 0. The number of aromatic carboxylic acids is 1. The number of hydrogen-bond donors (Lipinski definition) is 3. The molecular formula is C19H23N3O3. The number of H-pyrrole nitrogens is 1. The summed E-state index contributed by atoms with van der Waals surface area (Å²) in [6.45, 7) is 1.66. The zero-order valence-corrected chi connectivity index (χ0v) is 14.1. The van der Waals surface area contributed by atoms with Crippen LogP contribution < -0.4 is 5.73 Å². The molecule has 1 fully saturated rings. The van der Waals surface area contributed by atoms with Crippen LogP contribution in [0, 0.1) is 5.92 Å². The zero-order valence-electron chi connectivity index (χ0n) is 14.1. The molecule has 0 saturated carbocycles. The van der Waals surface area contributed by atoms with E-state index in [1.165, 1.54) is 5.56 Å². The van der Waals surface area contributed by atoms with Crippen molar-refractivity contribution in [1.82, 2.24) is 9.88 Å². The van der Waals surface area contributed by atoms with Crippen molar-refractivity contribution in [2.75, 3.05) is 13.1 Å². The average molecular weight is 341 g/mol. The molecule has 25 heavy (non-hydrogen) atoms. The number of rotatable bonds is 3. The molecule has 0 radical (unpaired) electrons. The van der Waals surface area contributed by atoms with Crippen LogP contribution in [0.2, 0.25) is 0 Å². The minimum atomic E-state index is -0.925. The number of carbonyl (C=O) groups excluding carboxylic acids is 1. The van der Waals surface area contributed by atoms with Crippen molar-refractivity contribution in [3.05, 3.63) is 35.0 Å². The quantitative estimate of drug-likeness (QED) is 0.794. The van der Waals surface area contributed by atoms with Crippen molar-refractivity contribution in [2.24, 2.45) is 11.7 Å². The summed E-state index contributed by atoms with van der Waals surface area (Å²) in [7, 11) is 0. The molecule has 6 heteroatoms. The van der Waals surface area contributed by atoms with E-state index >= 15 is 0 Å². The van der Waals surface area contributed by atoms with Crippen LogP contribution in [-0.2, 0) is 17.6 Å². The maximum atomic E-state index is 12.6. The van der Waals surface area contributed by atoms with Crippen LogP contribution >= 0.6 is 0 Å². The highest BCUT2D eigenvalue weighted by molar-refractivity contribution is 5.95. The Labute approximate surface area is 146 Å². The molecule has 0 bridgehead atoms. The van der Waals surface area contributed by atoms with Gasteiger partial charge in [0.2, 0.25) is 5.91 Å². The summed E-state index contributed by atoms with van der Waals surface area (Å²) < 4.78 is 0. The number of aromatic amines is 1. The fourth-order valence-electron chi connectivity index (χ4n) is 4.24. The van der Waals surface area contributed by atoms with Crippen LogP contribution in [-0.4, -0.2) is 46.0 Å². The van der Waals surface area contributed by atoms with E-state index in [1.807, 2.05) is 11.0 Å². The number of nitrogens with zero attached hydrogens (tertiary/aromatic N) is 1. The predicted molar refractivity (Wildman–Crippen MR) is 94.6 cm³/mol. The number of carboxylic acids is 1. The molecule has 1 aromatic heterocycles. The number of nitrogens with two attached hydrogens (primary N) is 1. The van der Waals surface area contributed by atoms with Gasteiger partial charge in [-0.25, -0.2) is 4.79 Å². The number of nitrogens with one attached hydrogen (secondary N) is 1. The molecule has 0 spiro atoms. The predicted octanol–water partition coefficient (Wildman–Crippen LogP) is 1.92. The molecule has 1 unspecified atom stereocenters. The molecule has 1 saturated heterocycles. The molecule has 4 N–H and O–H groups in total. The SMILES string of the molecule is N[C@H](C(=O)N1CCCC1)C1CCc2[nH]c3cc(C(=O)O)ccc3c2C1. The molecule has 2 heterocycles. The van der Waals surface area contributed by atoms with Gasteiger partial charge in [-0.15, -0.1) is 0 Å². The highest BCUT2D eigenvalue weighted by atomic mass is 16.4. The Hall–Kier alpha value is -2.34. The topological polar surface area (TPSA) is 99.4 Å². The third-order valence-corrected chi connectivity index (χ3v) is 5.68. The first kappa shape index (κ1) is 16.1. The lowest BCUT2D eigenvalue weighted by atomic mass is 9.81. The maximum Gasteiger partial charge on any atom is 0.335 e. The third kappa shape index (κ3) is 2.80. The smallest absolute Gasteiger partial charge is 0.335 e. The first-order chi connectivity index (χ1) is 12.0. The van der Waals surface area contributed by atoms with E-state index in [4.69, 9.17) is 10.8 Å². The van der Waals surface area contributed by atoms with Crippen molar-refractivity contribution in [2.45, 2.75) is 38.1 Å². The van der Waals surface area contributed by atoms with Gasteiger partial charge >= 0.3 is 5.97 Å². The Morgan fingerprint density at radius 2 is 2.04 bits per heavy atom. The molecule has 6 nitrogen and oxygen atoms in total. The largest absolute Gasteiger partial charge is 0.478 e. The fourth-order valence-corrected chi connectivity index (χ4v) is 4.24. The molecule has 1 aromatic carbocycles. The molecule has 1 aliphatic carbocycles. The van der Waals surface area contributed by atoms with E-state index in [-0.39, 0.29) is 17.4 Å². The van der Waals surface area contributed by atoms with Crippen LogP contribution in [0.5, 0.6) is 0 Å². The lowest BCUT2D eigenvalue weighted by Gasteiger charge is -2.30. The normalized spacial score (nSPS) is 21.3. The first-order valence-corrected chi connectivity index (χ1v) is 8.95. The first-order valence-electron chi connectivity index (χ1n) is 8.95. The average Bonchev–Trinajstić information content (AvgIpc) is 3.26. The Bertz CT molecular complexity index is 836. The summed E-state index contributed by atoms with van der Waals surface area (Å²) in [5, 5.41) is 10.2. The molecule has 2 aliphatic rings. The van der Waals surface area contributed by atoms with Gasteiger partial charge < -0.3 is 20.7 Å². The van der Waals surface area contributed by atoms with E-state index in [0.717, 1.165) is 61.8 Å². The molecule has 2 aromatic rings. The number of aromatic nitrogens is 1. The van der Waals surface area contributed by atoms with Gasteiger partial charge in [-0.2, -0.15) is 0 Å². The third-order valence-electron chi connectivity index (χ3n) is 5.68. The number of likely N-dealkylation sites (tertiary alicyclic amines) is 1. The second kappa shape index (κ2) is 6.19. The maximum absolute atomic E-state index is 12.6. The summed E-state index contributed by atoms with van der Waals surface area (Å²) in [6.07, 6.45) is 4.64. The number of aryl methyl sites for hydroxylation is 1. The zero-order chi connectivity index (χ0) is 17.6. The van der Waals surface area contributed by atoms with Gasteiger partial charge in [0.05, 0.1) is 11.6 Å². The summed E-state index contributed by atoms with van der Waals surface area (Å²) in [4.78, 5) is 29.0. The Balaban J connectivity index is 1.58. The van der Waals surface area contributed by atoms with Gasteiger partial charge in [0.15, 0.2) is 0 Å². The number of amides is 1. The highest BCUT2D eigenvalue weighted by Crippen LogP contribution is 2.33. The monoisotopic (exact) mass is 341 g/mol. The number of fused-ring (bicyclic) bond motifs is 3. The molecule has 2 atom stereocenters. The summed E-state index contributed by atoms with van der Waals surface area (Å²) in [5.74, 6) is -0.705. The molecule has 1 amide bonds. The van der Waals surface area contributed by atoms with Crippen molar-refractivity contribution < 1.29 is 14.7 Å². The highest BCUT2D eigenvalue weighted by Gasteiger charge is 2.33. The molecule has 132 valence electrons. The standard InChI is InChI=1S/C19H23N3O3/c20-17(18(23)22-7-1-2-8-22)11-4-6-15-14(9-11)13-5-3-12(19(24)25)10-16(13)21-15/h3,5,10-11,17,21H,1-2,4,6-9,20H2,(H,24,25)/t11?,17-/m0/s1. The Morgan fingerprint density at radius 1 is 1.28 bits per heavy atom. The summed E-state index contributed by atoms with van der Waals surface area (Å²) in [6, 6.07) is 4.73. The van der Waals surface area contributed by atoms with Crippen LogP contribution in [0.1, 0.15) is 40.9 Å². The molecular weight excluding hydrogens is 318 g/mol. The van der Waals surface area contributed by atoms with E-state index < -0.39 is 12.0 Å². The van der Waals surface area contributed by atoms with Crippen molar-refractivity contribution in [3.8, 4) is 0 Å². The van der Waals surface area contributed by atoms with E-state index in [9.17, 15) is 9.59 Å². The van der Waals surface area contributed by atoms with Crippen LogP contribution in [0.3, 0.4) is 0 Å². The van der Waals surface area contributed by atoms with Crippen molar-refractivity contribution >= 4 is 22.8 Å². The minimum Gasteiger partial charge on any atom is -0.478 e. The number of hydrogen-bond acceptors (Lipinski definition) is 3. The van der Waals surface area contributed by atoms with Crippen LogP contribution in [0.15, 0.2) is 18.2 Å². The number of benzene rings is 1. The summed E-state index contributed by atoms with van der Waals surface area (Å²) in [5.41, 5.74) is 9.79. The van der Waals surface area contributed by atoms with E-state index in [2.05, 4.69) is 4.98 Å². The van der Waals surface area contributed by atoms with Crippen molar-refractivity contribution in [3.63, 3.8) is 0 Å². The minimum absolute atomic E-state index is 0.0824. The molecule has 1 aliphatic heterocycles. The van der Waals surface area contributed by atoms with Gasteiger partial charge in [0.1, 0.15) is 0 Å².